The highest BCUT2D eigenvalue weighted by Crippen LogP contribution is 2.08. The molecule has 0 atom stereocenters. The van der Waals surface area contributed by atoms with E-state index in [1.54, 1.807) is 24.3 Å². The van der Waals surface area contributed by atoms with Gasteiger partial charge in [0.25, 0.3) is 5.91 Å². The molecule has 1 amide bonds. The van der Waals surface area contributed by atoms with Gasteiger partial charge in [-0.25, -0.2) is 4.79 Å². The van der Waals surface area contributed by atoms with Crippen LogP contribution in [0.15, 0.2) is 60.7 Å². The molecular formula is C16H15NO3. The largest absolute Gasteiger partial charge is 0.363 e. The predicted octanol–water partition coefficient (Wildman–Crippen LogP) is 2.81. The van der Waals surface area contributed by atoms with Crippen LogP contribution in [0.5, 0.6) is 0 Å². The van der Waals surface area contributed by atoms with Crippen molar-refractivity contribution in [3.8, 4) is 0 Å². The number of hydroxylamine groups is 2. The Morgan fingerprint density at radius 2 is 1.50 bits per heavy atom. The van der Waals surface area contributed by atoms with Gasteiger partial charge in [0.15, 0.2) is 0 Å². The molecule has 0 aliphatic carbocycles. The van der Waals surface area contributed by atoms with Crippen molar-refractivity contribution >= 4 is 11.9 Å². The number of benzene rings is 2. The zero-order valence-electron chi connectivity index (χ0n) is 11.2. The second-order valence-electron chi connectivity index (χ2n) is 4.29. The first-order valence-corrected chi connectivity index (χ1v) is 6.26. The first kappa shape index (κ1) is 13.8. The maximum Gasteiger partial charge on any atom is 0.363 e. The standard InChI is InChI=1S/C16H15NO3/c1-13(18)17(12-14-8-4-2-5-9-14)20-16(19)15-10-6-3-7-11-15/h2-11H,12H2,1H3. The molecule has 4 heteroatoms. The Bertz CT molecular complexity index is 581. The highest BCUT2D eigenvalue weighted by molar-refractivity contribution is 5.90. The minimum atomic E-state index is -0.545. The summed E-state index contributed by atoms with van der Waals surface area (Å²) < 4.78 is 0. The second-order valence-corrected chi connectivity index (χ2v) is 4.29. The molecule has 0 saturated carbocycles. The van der Waals surface area contributed by atoms with E-state index in [1.807, 2.05) is 36.4 Å². The first-order chi connectivity index (χ1) is 9.66. The van der Waals surface area contributed by atoms with Crippen LogP contribution >= 0.6 is 0 Å². The van der Waals surface area contributed by atoms with Crippen LogP contribution < -0.4 is 0 Å². The molecule has 4 nitrogen and oxygen atoms in total. The van der Waals surface area contributed by atoms with E-state index in [1.165, 1.54) is 6.92 Å². The van der Waals surface area contributed by atoms with Gasteiger partial charge >= 0.3 is 5.97 Å². The maximum atomic E-state index is 11.9. The van der Waals surface area contributed by atoms with E-state index < -0.39 is 5.97 Å². The van der Waals surface area contributed by atoms with Gasteiger partial charge in [-0.05, 0) is 17.7 Å². The van der Waals surface area contributed by atoms with Crippen molar-refractivity contribution in [2.45, 2.75) is 13.5 Å². The lowest BCUT2D eigenvalue weighted by atomic mass is 10.2. The lowest BCUT2D eigenvalue weighted by molar-refractivity contribution is -0.167. The Labute approximate surface area is 117 Å². The summed E-state index contributed by atoms with van der Waals surface area (Å²) in [5.74, 6) is -0.866. The van der Waals surface area contributed by atoms with Gasteiger partial charge in [0.1, 0.15) is 0 Å². The summed E-state index contributed by atoms with van der Waals surface area (Å²) in [4.78, 5) is 28.6. The molecule has 2 rings (SSSR count). The normalized spacial score (nSPS) is 9.85. The average molecular weight is 269 g/mol. The molecule has 20 heavy (non-hydrogen) atoms. The lowest BCUT2D eigenvalue weighted by Crippen LogP contribution is -2.31. The van der Waals surface area contributed by atoms with Crippen LogP contribution in [-0.2, 0) is 16.2 Å². The van der Waals surface area contributed by atoms with Crippen LogP contribution in [0.1, 0.15) is 22.8 Å². The summed E-state index contributed by atoms with van der Waals surface area (Å²) in [7, 11) is 0. The lowest BCUT2D eigenvalue weighted by Gasteiger charge is -2.19. The third-order valence-electron chi connectivity index (χ3n) is 2.72. The Balaban J connectivity index is 2.07. The number of amides is 1. The van der Waals surface area contributed by atoms with Gasteiger partial charge in [0.05, 0.1) is 12.1 Å². The zero-order valence-corrected chi connectivity index (χ0v) is 11.2. The van der Waals surface area contributed by atoms with E-state index in [0.717, 1.165) is 10.6 Å². The number of rotatable bonds is 3. The van der Waals surface area contributed by atoms with E-state index in [-0.39, 0.29) is 12.5 Å². The van der Waals surface area contributed by atoms with Crippen LogP contribution in [0.2, 0.25) is 0 Å². The maximum absolute atomic E-state index is 11.9. The van der Waals surface area contributed by atoms with Gasteiger partial charge in [-0.15, -0.1) is 0 Å². The molecule has 0 spiro atoms. The first-order valence-electron chi connectivity index (χ1n) is 6.26. The molecule has 2 aromatic carbocycles. The summed E-state index contributed by atoms with van der Waals surface area (Å²) in [5.41, 5.74) is 1.30. The average Bonchev–Trinajstić information content (AvgIpc) is 2.48. The molecule has 0 heterocycles. The van der Waals surface area contributed by atoms with Crippen LogP contribution in [0.3, 0.4) is 0 Å². The minimum absolute atomic E-state index is 0.231. The molecule has 0 aromatic heterocycles. The molecule has 0 N–H and O–H groups in total. The molecule has 0 bridgehead atoms. The fourth-order valence-electron chi connectivity index (χ4n) is 1.68. The van der Waals surface area contributed by atoms with Crippen LogP contribution in [0.25, 0.3) is 0 Å². The third-order valence-corrected chi connectivity index (χ3v) is 2.72. The van der Waals surface area contributed by atoms with Gasteiger partial charge in [-0.2, -0.15) is 5.06 Å². The Morgan fingerprint density at radius 3 is 2.05 bits per heavy atom. The summed E-state index contributed by atoms with van der Waals surface area (Å²) in [5, 5.41) is 1.06. The van der Waals surface area contributed by atoms with Crippen LogP contribution in [0, 0.1) is 0 Å². The minimum Gasteiger partial charge on any atom is -0.332 e. The van der Waals surface area contributed by atoms with Gasteiger partial charge in [-0.3, -0.25) is 4.79 Å². The fraction of sp³-hybridized carbons (Fsp3) is 0.125. The van der Waals surface area contributed by atoms with Crippen molar-refractivity contribution in [1.29, 1.82) is 0 Å². The second kappa shape index (κ2) is 6.52. The molecular weight excluding hydrogens is 254 g/mol. The van der Waals surface area contributed by atoms with Gasteiger partial charge in [-0.1, -0.05) is 48.5 Å². The summed E-state index contributed by atoms with van der Waals surface area (Å²) in [6.07, 6.45) is 0. The quantitative estimate of drug-likeness (QED) is 0.805. The Hall–Kier alpha value is -2.62. The Morgan fingerprint density at radius 1 is 0.950 bits per heavy atom. The SMILES string of the molecule is CC(=O)N(Cc1ccccc1)OC(=O)c1ccccc1. The number of carbonyl (C=O) groups excluding carboxylic acids is 2. The number of nitrogens with zero attached hydrogens (tertiary/aromatic N) is 1. The van der Waals surface area contributed by atoms with E-state index in [2.05, 4.69) is 0 Å². The van der Waals surface area contributed by atoms with Crippen LogP contribution in [-0.4, -0.2) is 16.9 Å². The van der Waals surface area contributed by atoms with Crippen LogP contribution in [0.4, 0.5) is 0 Å². The molecule has 102 valence electrons. The van der Waals surface area contributed by atoms with Crippen molar-refractivity contribution in [3.63, 3.8) is 0 Å². The molecule has 0 fully saturated rings. The van der Waals surface area contributed by atoms with E-state index in [0.29, 0.717) is 5.56 Å². The number of hydrogen-bond acceptors (Lipinski definition) is 3. The van der Waals surface area contributed by atoms with Gasteiger partial charge < -0.3 is 4.84 Å². The highest BCUT2D eigenvalue weighted by atomic mass is 16.7. The smallest absolute Gasteiger partial charge is 0.332 e. The van der Waals surface area contributed by atoms with Gasteiger partial charge in [0.2, 0.25) is 0 Å². The van der Waals surface area contributed by atoms with E-state index >= 15 is 0 Å². The zero-order chi connectivity index (χ0) is 14.4. The Kier molecular flexibility index (Phi) is 4.50. The molecule has 2 aromatic rings. The summed E-state index contributed by atoms with van der Waals surface area (Å²) in [6.45, 7) is 1.59. The van der Waals surface area contributed by atoms with Crippen molar-refractivity contribution in [1.82, 2.24) is 5.06 Å². The van der Waals surface area contributed by atoms with Crippen molar-refractivity contribution in [2.24, 2.45) is 0 Å². The van der Waals surface area contributed by atoms with E-state index in [4.69, 9.17) is 4.84 Å². The van der Waals surface area contributed by atoms with E-state index in [9.17, 15) is 9.59 Å². The molecule has 0 unspecified atom stereocenters. The molecule has 0 aliphatic heterocycles. The van der Waals surface area contributed by atoms with Crippen molar-refractivity contribution < 1.29 is 14.4 Å². The predicted molar refractivity (Wildman–Crippen MR) is 74.5 cm³/mol. The van der Waals surface area contributed by atoms with Crippen molar-refractivity contribution in [2.75, 3.05) is 0 Å². The van der Waals surface area contributed by atoms with Crippen molar-refractivity contribution in [3.05, 3.63) is 71.8 Å². The summed E-state index contributed by atoms with van der Waals surface area (Å²) >= 11 is 0. The summed E-state index contributed by atoms with van der Waals surface area (Å²) in [6, 6.07) is 17.9. The fourth-order valence-corrected chi connectivity index (χ4v) is 1.68. The molecule has 0 aliphatic rings. The third kappa shape index (κ3) is 3.68. The highest BCUT2D eigenvalue weighted by Gasteiger charge is 2.16. The topological polar surface area (TPSA) is 46.6 Å². The molecule has 0 saturated heterocycles. The van der Waals surface area contributed by atoms with Gasteiger partial charge in [0, 0.05) is 6.92 Å². The number of hydrogen-bond donors (Lipinski definition) is 0. The molecule has 0 radical (unpaired) electrons. The number of carbonyl (C=O) groups is 2. The monoisotopic (exact) mass is 269 g/mol.